The Hall–Kier alpha value is -1.80. The second-order valence-corrected chi connectivity index (χ2v) is 5.11. The van der Waals surface area contributed by atoms with Crippen molar-refractivity contribution in [2.75, 3.05) is 6.61 Å². The standard InChI is InChI=1S/C18H22O2/c1-4-11-20-16-9-6-8-15(12-16)18(19)17-10-5-7-13(2)14(17)3/h5-10,12,18-19H,4,11H2,1-3H3. The van der Waals surface area contributed by atoms with E-state index in [1.807, 2.05) is 43.3 Å². The van der Waals surface area contributed by atoms with Crippen molar-refractivity contribution in [3.63, 3.8) is 0 Å². The number of aliphatic hydroxyl groups is 1. The molecule has 0 bridgehead atoms. The van der Waals surface area contributed by atoms with Crippen LogP contribution in [0, 0.1) is 13.8 Å². The lowest BCUT2D eigenvalue weighted by Gasteiger charge is -2.16. The first-order valence-corrected chi connectivity index (χ1v) is 7.10. The third kappa shape index (κ3) is 3.20. The van der Waals surface area contributed by atoms with Crippen LogP contribution in [-0.4, -0.2) is 11.7 Å². The molecule has 0 fully saturated rings. The molecule has 0 saturated heterocycles. The molecule has 2 rings (SSSR count). The molecule has 106 valence electrons. The highest BCUT2D eigenvalue weighted by atomic mass is 16.5. The van der Waals surface area contributed by atoms with Crippen molar-refractivity contribution < 1.29 is 9.84 Å². The molecule has 0 saturated carbocycles. The van der Waals surface area contributed by atoms with Crippen molar-refractivity contribution in [2.45, 2.75) is 33.3 Å². The summed E-state index contributed by atoms with van der Waals surface area (Å²) in [4.78, 5) is 0. The number of benzene rings is 2. The minimum Gasteiger partial charge on any atom is -0.494 e. The summed E-state index contributed by atoms with van der Waals surface area (Å²) >= 11 is 0. The van der Waals surface area contributed by atoms with Crippen molar-refractivity contribution in [3.8, 4) is 5.75 Å². The van der Waals surface area contributed by atoms with Gasteiger partial charge in [0.1, 0.15) is 11.9 Å². The zero-order valence-corrected chi connectivity index (χ0v) is 12.4. The Morgan fingerprint density at radius 2 is 1.85 bits per heavy atom. The first-order chi connectivity index (χ1) is 9.63. The molecular formula is C18H22O2. The predicted octanol–water partition coefficient (Wildman–Crippen LogP) is 4.17. The van der Waals surface area contributed by atoms with Crippen LogP contribution >= 0.6 is 0 Å². The van der Waals surface area contributed by atoms with E-state index in [-0.39, 0.29) is 0 Å². The maximum atomic E-state index is 10.6. The fraction of sp³-hybridized carbons (Fsp3) is 0.333. The molecule has 0 aliphatic rings. The lowest BCUT2D eigenvalue weighted by atomic mass is 9.95. The minimum absolute atomic E-state index is 0.611. The highest BCUT2D eigenvalue weighted by molar-refractivity contribution is 5.41. The summed E-state index contributed by atoms with van der Waals surface area (Å²) < 4.78 is 5.62. The van der Waals surface area contributed by atoms with Crippen molar-refractivity contribution >= 4 is 0 Å². The molecule has 0 radical (unpaired) electrons. The molecular weight excluding hydrogens is 248 g/mol. The zero-order valence-electron chi connectivity index (χ0n) is 12.4. The molecule has 0 spiro atoms. The van der Waals surface area contributed by atoms with Crippen LogP contribution in [0.4, 0.5) is 0 Å². The molecule has 2 nitrogen and oxygen atoms in total. The fourth-order valence-electron chi connectivity index (χ4n) is 2.24. The number of hydrogen-bond acceptors (Lipinski definition) is 2. The van der Waals surface area contributed by atoms with Gasteiger partial charge >= 0.3 is 0 Å². The quantitative estimate of drug-likeness (QED) is 0.883. The van der Waals surface area contributed by atoms with Gasteiger partial charge in [-0.2, -0.15) is 0 Å². The van der Waals surface area contributed by atoms with Gasteiger partial charge in [-0.3, -0.25) is 0 Å². The van der Waals surface area contributed by atoms with Crippen LogP contribution in [-0.2, 0) is 0 Å². The zero-order chi connectivity index (χ0) is 14.5. The van der Waals surface area contributed by atoms with Gasteiger partial charge in [0, 0.05) is 0 Å². The maximum absolute atomic E-state index is 10.6. The average Bonchev–Trinajstić information content (AvgIpc) is 2.47. The number of aliphatic hydroxyl groups excluding tert-OH is 1. The van der Waals surface area contributed by atoms with Crippen molar-refractivity contribution in [3.05, 3.63) is 64.7 Å². The molecule has 1 N–H and O–H groups in total. The highest BCUT2D eigenvalue weighted by Gasteiger charge is 2.14. The summed E-state index contributed by atoms with van der Waals surface area (Å²) in [7, 11) is 0. The molecule has 0 aliphatic heterocycles. The Morgan fingerprint density at radius 1 is 1.10 bits per heavy atom. The Labute approximate surface area is 121 Å². The Kier molecular flexibility index (Phi) is 4.80. The van der Waals surface area contributed by atoms with Crippen LogP contribution in [0.25, 0.3) is 0 Å². The van der Waals surface area contributed by atoms with Gasteiger partial charge in [-0.15, -0.1) is 0 Å². The summed E-state index contributed by atoms with van der Waals surface area (Å²) in [5.74, 6) is 0.814. The van der Waals surface area contributed by atoms with Crippen LogP contribution in [0.2, 0.25) is 0 Å². The number of hydrogen-bond donors (Lipinski definition) is 1. The van der Waals surface area contributed by atoms with Crippen LogP contribution in [0.1, 0.15) is 41.7 Å². The van der Waals surface area contributed by atoms with E-state index in [2.05, 4.69) is 19.9 Å². The van der Waals surface area contributed by atoms with Gasteiger partial charge in [-0.1, -0.05) is 37.3 Å². The second-order valence-electron chi connectivity index (χ2n) is 5.11. The SMILES string of the molecule is CCCOc1cccc(C(O)c2cccc(C)c2C)c1. The second kappa shape index (κ2) is 6.58. The van der Waals surface area contributed by atoms with E-state index in [0.29, 0.717) is 6.61 Å². The lowest BCUT2D eigenvalue weighted by Crippen LogP contribution is -2.04. The average molecular weight is 270 g/mol. The van der Waals surface area contributed by atoms with E-state index in [4.69, 9.17) is 4.74 Å². The lowest BCUT2D eigenvalue weighted by molar-refractivity contribution is 0.218. The van der Waals surface area contributed by atoms with E-state index < -0.39 is 6.10 Å². The summed E-state index contributed by atoms with van der Waals surface area (Å²) in [6, 6.07) is 13.7. The molecule has 0 amide bonds. The molecule has 1 atom stereocenters. The summed E-state index contributed by atoms with van der Waals surface area (Å²) in [5, 5.41) is 10.6. The third-order valence-corrected chi connectivity index (χ3v) is 3.59. The smallest absolute Gasteiger partial charge is 0.119 e. The fourth-order valence-corrected chi connectivity index (χ4v) is 2.24. The highest BCUT2D eigenvalue weighted by Crippen LogP contribution is 2.28. The van der Waals surface area contributed by atoms with Gasteiger partial charge in [0.2, 0.25) is 0 Å². The monoisotopic (exact) mass is 270 g/mol. The first-order valence-electron chi connectivity index (χ1n) is 7.10. The molecule has 1 unspecified atom stereocenters. The van der Waals surface area contributed by atoms with Crippen LogP contribution in [0.5, 0.6) is 5.75 Å². The largest absolute Gasteiger partial charge is 0.494 e. The predicted molar refractivity (Wildman–Crippen MR) is 82.2 cm³/mol. The van der Waals surface area contributed by atoms with Gasteiger partial charge in [0.15, 0.2) is 0 Å². The topological polar surface area (TPSA) is 29.5 Å². The normalized spacial score (nSPS) is 12.2. The summed E-state index contributed by atoms with van der Waals surface area (Å²) in [6.07, 6.45) is 0.365. The third-order valence-electron chi connectivity index (χ3n) is 3.59. The Balaban J connectivity index is 2.28. The molecule has 0 aromatic heterocycles. The number of rotatable bonds is 5. The summed E-state index contributed by atoms with van der Waals surface area (Å²) in [6.45, 7) is 6.88. The first kappa shape index (κ1) is 14.6. The van der Waals surface area contributed by atoms with Gasteiger partial charge in [-0.25, -0.2) is 0 Å². The molecule has 0 heterocycles. The number of aryl methyl sites for hydroxylation is 1. The molecule has 2 aromatic rings. The van der Waals surface area contributed by atoms with Gasteiger partial charge in [0.25, 0.3) is 0 Å². The van der Waals surface area contributed by atoms with Crippen molar-refractivity contribution in [1.82, 2.24) is 0 Å². The van der Waals surface area contributed by atoms with Gasteiger partial charge in [0.05, 0.1) is 6.61 Å². The minimum atomic E-state index is -0.611. The van der Waals surface area contributed by atoms with E-state index in [1.165, 1.54) is 5.56 Å². The Bertz CT molecular complexity index is 575. The number of ether oxygens (including phenoxy) is 1. The van der Waals surface area contributed by atoms with Crippen molar-refractivity contribution in [1.29, 1.82) is 0 Å². The van der Waals surface area contributed by atoms with Crippen molar-refractivity contribution in [2.24, 2.45) is 0 Å². The molecule has 0 aliphatic carbocycles. The Morgan fingerprint density at radius 3 is 2.60 bits per heavy atom. The molecule has 2 aromatic carbocycles. The van der Waals surface area contributed by atoms with E-state index in [1.54, 1.807) is 0 Å². The van der Waals surface area contributed by atoms with E-state index in [0.717, 1.165) is 28.9 Å². The van der Waals surface area contributed by atoms with Crippen LogP contribution in [0.15, 0.2) is 42.5 Å². The van der Waals surface area contributed by atoms with Gasteiger partial charge < -0.3 is 9.84 Å². The molecule has 20 heavy (non-hydrogen) atoms. The molecule has 2 heteroatoms. The van der Waals surface area contributed by atoms with E-state index >= 15 is 0 Å². The maximum Gasteiger partial charge on any atom is 0.119 e. The van der Waals surface area contributed by atoms with Gasteiger partial charge in [-0.05, 0) is 54.7 Å². The van der Waals surface area contributed by atoms with E-state index in [9.17, 15) is 5.11 Å². The van der Waals surface area contributed by atoms with Crippen LogP contribution < -0.4 is 4.74 Å². The summed E-state index contributed by atoms with van der Waals surface area (Å²) in [5.41, 5.74) is 4.16. The van der Waals surface area contributed by atoms with Crippen LogP contribution in [0.3, 0.4) is 0 Å².